The number of carbonyl (C=O) groups is 1. The summed E-state index contributed by atoms with van der Waals surface area (Å²) in [6.45, 7) is 0. The molecule has 0 saturated carbocycles. The van der Waals surface area contributed by atoms with Gasteiger partial charge in [0, 0.05) is 11.3 Å². The van der Waals surface area contributed by atoms with Crippen molar-refractivity contribution in [2.45, 2.75) is 17.2 Å². The molecule has 0 aliphatic rings. The van der Waals surface area contributed by atoms with E-state index in [1.54, 1.807) is 0 Å². The van der Waals surface area contributed by atoms with Crippen LogP contribution >= 0.6 is 0 Å². The number of hydrogen-bond acceptors (Lipinski definition) is 3. The summed E-state index contributed by atoms with van der Waals surface area (Å²) < 4.78 is 101. The lowest BCUT2D eigenvalue weighted by Crippen LogP contribution is -2.15. The number of anilines is 1. The highest BCUT2D eigenvalue weighted by Crippen LogP contribution is 2.35. The summed E-state index contributed by atoms with van der Waals surface area (Å²) in [5.41, 5.74) is -0.428. The molecule has 0 unspecified atom stereocenters. The lowest BCUT2D eigenvalue weighted by molar-refractivity contribution is -0.138. The minimum atomic E-state index is -4.59. The number of benzene rings is 4. The number of nitrogens with two attached hydrogens (primary N) is 1. The maximum absolute atomic E-state index is 13.2. The van der Waals surface area contributed by atoms with E-state index in [1.807, 2.05) is 0 Å². The van der Waals surface area contributed by atoms with Gasteiger partial charge in [0.05, 0.1) is 16.0 Å². The van der Waals surface area contributed by atoms with E-state index in [0.29, 0.717) is 11.1 Å². The van der Waals surface area contributed by atoms with Crippen LogP contribution in [0.3, 0.4) is 0 Å². The summed E-state index contributed by atoms with van der Waals surface area (Å²) in [5, 5.41) is 7.67. The Balaban J connectivity index is 1.77. The number of alkyl halides is 6. The van der Waals surface area contributed by atoms with Crippen molar-refractivity contribution in [2.75, 3.05) is 5.32 Å². The highest BCUT2D eigenvalue weighted by molar-refractivity contribution is 7.89. The predicted octanol–water partition coefficient (Wildman–Crippen LogP) is 6.96. The minimum absolute atomic E-state index is 0.0198. The van der Waals surface area contributed by atoms with Crippen LogP contribution < -0.4 is 10.5 Å². The first-order valence-electron chi connectivity index (χ1n) is 11.1. The Labute approximate surface area is 219 Å². The smallest absolute Gasteiger partial charge is 0.322 e. The van der Waals surface area contributed by atoms with Crippen LogP contribution in [0.5, 0.6) is 0 Å². The van der Waals surface area contributed by atoms with Crippen LogP contribution in [0.15, 0.2) is 95.9 Å². The molecule has 39 heavy (non-hydrogen) atoms. The normalized spacial score (nSPS) is 12.3. The van der Waals surface area contributed by atoms with Crippen molar-refractivity contribution in [1.29, 1.82) is 0 Å². The molecule has 5 nitrogen and oxygen atoms in total. The molecule has 0 aliphatic heterocycles. The van der Waals surface area contributed by atoms with E-state index in [-0.39, 0.29) is 27.3 Å². The van der Waals surface area contributed by atoms with Gasteiger partial charge in [-0.15, -0.1) is 0 Å². The van der Waals surface area contributed by atoms with Crippen LogP contribution in [0.1, 0.15) is 21.5 Å². The van der Waals surface area contributed by atoms with Gasteiger partial charge in [-0.3, -0.25) is 4.79 Å². The summed E-state index contributed by atoms with van der Waals surface area (Å²) in [6.07, 6.45) is -9.12. The number of hydrogen-bond donors (Lipinski definition) is 2. The molecular weight excluding hydrogens is 546 g/mol. The molecule has 4 rings (SSSR count). The molecule has 202 valence electrons. The van der Waals surface area contributed by atoms with Crippen molar-refractivity contribution in [3.63, 3.8) is 0 Å². The van der Waals surface area contributed by atoms with E-state index in [0.717, 1.165) is 30.3 Å². The first-order valence-corrected chi connectivity index (χ1v) is 12.6. The Bertz CT molecular complexity index is 1630. The molecule has 0 atom stereocenters. The fourth-order valence-electron chi connectivity index (χ4n) is 3.80. The molecule has 0 spiro atoms. The molecule has 0 aliphatic carbocycles. The van der Waals surface area contributed by atoms with E-state index in [2.05, 4.69) is 5.32 Å². The van der Waals surface area contributed by atoms with Crippen molar-refractivity contribution < 1.29 is 39.6 Å². The van der Waals surface area contributed by atoms with Gasteiger partial charge in [-0.1, -0.05) is 36.4 Å². The van der Waals surface area contributed by atoms with Crippen LogP contribution in [0.4, 0.5) is 32.0 Å². The van der Waals surface area contributed by atoms with E-state index in [9.17, 15) is 39.6 Å². The molecule has 0 fully saturated rings. The van der Waals surface area contributed by atoms with Crippen molar-refractivity contribution in [3.8, 4) is 22.3 Å². The lowest BCUT2D eigenvalue weighted by atomic mass is 9.93. The molecule has 0 radical (unpaired) electrons. The first kappa shape index (κ1) is 27.9. The van der Waals surface area contributed by atoms with Crippen molar-refractivity contribution in [2.24, 2.45) is 5.14 Å². The third-order valence-electron chi connectivity index (χ3n) is 5.75. The van der Waals surface area contributed by atoms with Crippen molar-refractivity contribution in [3.05, 3.63) is 108 Å². The van der Waals surface area contributed by atoms with Gasteiger partial charge in [0.2, 0.25) is 10.0 Å². The number of amides is 1. The maximum Gasteiger partial charge on any atom is 0.416 e. The Hall–Kier alpha value is -4.16. The molecule has 4 aromatic rings. The topological polar surface area (TPSA) is 89.3 Å². The maximum atomic E-state index is 13.2. The van der Waals surface area contributed by atoms with Crippen molar-refractivity contribution >= 4 is 21.6 Å². The van der Waals surface area contributed by atoms with Gasteiger partial charge in [-0.25, -0.2) is 13.6 Å². The molecule has 0 bridgehead atoms. The Kier molecular flexibility index (Phi) is 7.28. The lowest BCUT2D eigenvalue weighted by Gasteiger charge is -2.15. The van der Waals surface area contributed by atoms with Gasteiger partial charge in [0.1, 0.15) is 0 Å². The summed E-state index contributed by atoms with van der Waals surface area (Å²) in [7, 11) is -4.06. The van der Waals surface area contributed by atoms with Gasteiger partial charge in [0.25, 0.3) is 5.91 Å². The average molecular weight is 565 g/mol. The second-order valence-corrected chi connectivity index (χ2v) is 10.00. The number of rotatable bonds is 5. The highest BCUT2D eigenvalue weighted by Gasteiger charge is 2.31. The number of nitrogens with one attached hydrogen (secondary N) is 1. The Morgan fingerprint density at radius 1 is 0.667 bits per heavy atom. The number of primary sulfonamides is 1. The van der Waals surface area contributed by atoms with E-state index < -0.39 is 39.4 Å². The SMILES string of the molecule is NS(=O)(=O)c1cccc(NC(=O)c2ccc(-c3ccc(C(F)(F)F)cc3)cc2-c2ccc(C(F)(F)F)cc2)c1. The predicted molar refractivity (Wildman–Crippen MR) is 133 cm³/mol. The molecule has 3 N–H and O–H groups in total. The first-order chi connectivity index (χ1) is 18.1. The fourth-order valence-corrected chi connectivity index (χ4v) is 4.36. The molecule has 0 heterocycles. The fraction of sp³-hybridized carbons (Fsp3) is 0.0741. The third kappa shape index (κ3) is 6.47. The summed E-state index contributed by atoms with van der Waals surface area (Å²) in [4.78, 5) is 13.0. The summed E-state index contributed by atoms with van der Waals surface area (Å²) in [6, 6.07) is 17.8. The van der Waals surface area contributed by atoms with Crippen LogP contribution in [-0.2, 0) is 22.4 Å². The second kappa shape index (κ2) is 10.2. The number of halogens is 6. The van der Waals surface area contributed by atoms with Gasteiger partial charge < -0.3 is 5.32 Å². The van der Waals surface area contributed by atoms with Crippen LogP contribution in [0.2, 0.25) is 0 Å². The molecule has 1 amide bonds. The highest BCUT2D eigenvalue weighted by atomic mass is 32.2. The number of carbonyl (C=O) groups excluding carboxylic acids is 1. The number of sulfonamides is 1. The molecular formula is C27H18F6N2O3S. The molecule has 0 saturated heterocycles. The zero-order valence-electron chi connectivity index (χ0n) is 19.6. The van der Waals surface area contributed by atoms with Crippen molar-refractivity contribution in [1.82, 2.24) is 0 Å². The second-order valence-electron chi connectivity index (χ2n) is 8.44. The minimum Gasteiger partial charge on any atom is -0.322 e. The molecule has 0 aromatic heterocycles. The Morgan fingerprint density at radius 2 is 1.18 bits per heavy atom. The Morgan fingerprint density at radius 3 is 1.69 bits per heavy atom. The summed E-state index contributed by atoms with van der Waals surface area (Å²) in [5.74, 6) is -0.713. The van der Waals surface area contributed by atoms with Gasteiger partial charge in [-0.2, -0.15) is 26.3 Å². The van der Waals surface area contributed by atoms with Gasteiger partial charge >= 0.3 is 12.4 Å². The average Bonchev–Trinajstić information content (AvgIpc) is 2.87. The van der Waals surface area contributed by atoms with E-state index in [1.165, 1.54) is 60.7 Å². The largest absolute Gasteiger partial charge is 0.416 e. The van der Waals surface area contributed by atoms with Gasteiger partial charge in [0.15, 0.2) is 0 Å². The quantitative estimate of drug-likeness (QED) is 0.257. The molecule has 12 heteroatoms. The third-order valence-corrected chi connectivity index (χ3v) is 6.66. The van der Waals surface area contributed by atoms with Crippen LogP contribution in [0, 0.1) is 0 Å². The zero-order valence-corrected chi connectivity index (χ0v) is 20.5. The monoisotopic (exact) mass is 564 g/mol. The standard InChI is InChI=1S/C27H18F6N2O3S/c28-26(29,30)19-9-4-16(5-10-19)18-8-13-23(24(14-18)17-6-11-20(12-7-17)27(31,32)33)25(36)35-21-2-1-3-22(15-21)39(34,37)38/h1-15H,(H,35,36)(H2,34,37,38). The molecule has 4 aromatic carbocycles. The van der Waals surface area contributed by atoms with Crippen LogP contribution in [0.25, 0.3) is 22.3 Å². The zero-order chi connectivity index (χ0) is 28.6. The van der Waals surface area contributed by atoms with Crippen LogP contribution in [-0.4, -0.2) is 14.3 Å². The summed E-state index contributed by atoms with van der Waals surface area (Å²) >= 11 is 0. The van der Waals surface area contributed by atoms with E-state index in [4.69, 9.17) is 5.14 Å². The van der Waals surface area contributed by atoms with E-state index >= 15 is 0 Å². The van der Waals surface area contributed by atoms with Gasteiger partial charge in [-0.05, 0) is 76.9 Å².